The predicted molar refractivity (Wildman–Crippen MR) is 104 cm³/mol. The second kappa shape index (κ2) is 8.71. The van der Waals surface area contributed by atoms with Crippen molar-refractivity contribution in [1.82, 2.24) is 5.32 Å². The standard InChI is InChI=1S/C19H20ClFN2O2.ClH/c1-11-9-14(20)4-6-17(11)25-12(2)19(24)23-16-5-3-13-10-22-8-7-15(13)18(16)21;/h3-6,9,12,22H,7-8,10H2,1-2H3,(H,23,24);1H. The highest BCUT2D eigenvalue weighted by Gasteiger charge is 2.21. The zero-order valence-corrected chi connectivity index (χ0v) is 16.1. The number of benzene rings is 2. The van der Waals surface area contributed by atoms with E-state index < -0.39 is 12.0 Å². The third-order valence-electron chi connectivity index (χ3n) is 4.28. The summed E-state index contributed by atoms with van der Waals surface area (Å²) in [6.45, 7) is 4.86. The van der Waals surface area contributed by atoms with Gasteiger partial charge in [-0.1, -0.05) is 17.7 Å². The van der Waals surface area contributed by atoms with Crippen LogP contribution in [0.3, 0.4) is 0 Å². The van der Waals surface area contributed by atoms with Gasteiger partial charge in [-0.05, 0) is 67.8 Å². The van der Waals surface area contributed by atoms with E-state index in [4.69, 9.17) is 16.3 Å². The van der Waals surface area contributed by atoms with E-state index in [1.807, 2.05) is 13.0 Å². The molecular formula is C19H21Cl2FN2O2. The van der Waals surface area contributed by atoms with Crippen LogP contribution in [0.4, 0.5) is 10.1 Å². The number of aryl methyl sites for hydroxylation is 1. The number of amides is 1. The van der Waals surface area contributed by atoms with Gasteiger partial charge in [-0.3, -0.25) is 4.79 Å². The second-order valence-electron chi connectivity index (χ2n) is 6.15. The average Bonchev–Trinajstić information content (AvgIpc) is 2.60. The van der Waals surface area contributed by atoms with E-state index >= 15 is 0 Å². The van der Waals surface area contributed by atoms with Crippen molar-refractivity contribution in [2.45, 2.75) is 32.9 Å². The third-order valence-corrected chi connectivity index (χ3v) is 4.51. The summed E-state index contributed by atoms with van der Waals surface area (Å²) < 4.78 is 20.3. The summed E-state index contributed by atoms with van der Waals surface area (Å²) in [5.41, 5.74) is 2.62. The van der Waals surface area contributed by atoms with Crippen LogP contribution in [-0.2, 0) is 17.8 Å². The molecule has 1 aliphatic rings. The fourth-order valence-corrected chi connectivity index (χ4v) is 3.08. The quantitative estimate of drug-likeness (QED) is 0.808. The Hall–Kier alpha value is -1.82. The molecule has 0 spiro atoms. The minimum atomic E-state index is -0.767. The maximum Gasteiger partial charge on any atom is 0.265 e. The molecular weight excluding hydrogens is 378 g/mol. The number of anilines is 1. The molecule has 0 aromatic heterocycles. The Labute approximate surface area is 163 Å². The molecule has 0 saturated carbocycles. The number of nitrogens with one attached hydrogen (secondary N) is 2. The number of rotatable bonds is 4. The fourth-order valence-electron chi connectivity index (χ4n) is 2.85. The molecule has 3 rings (SSSR count). The molecule has 0 bridgehead atoms. The van der Waals surface area contributed by atoms with Crippen molar-refractivity contribution < 1.29 is 13.9 Å². The normalized spacial score (nSPS) is 14.0. The van der Waals surface area contributed by atoms with Gasteiger partial charge in [0.25, 0.3) is 5.91 Å². The Morgan fingerprint density at radius 2 is 2.12 bits per heavy atom. The molecule has 2 aromatic carbocycles. The number of hydrogen-bond acceptors (Lipinski definition) is 3. The SMILES string of the molecule is Cc1cc(Cl)ccc1OC(C)C(=O)Nc1ccc2c(c1F)CCNC2.Cl. The van der Waals surface area contributed by atoms with Gasteiger partial charge in [-0.15, -0.1) is 12.4 Å². The predicted octanol–water partition coefficient (Wildman–Crippen LogP) is 4.26. The molecule has 4 nitrogen and oxygen atoms in total. The van der Waals surface area contributed by atoms with E-state index in [1.54, 1.807) is 31.2 Å². The van der Waals surface area contributed by atoms with Crippen molar-refractivity contribution in [3.63, 3.8) is 0 Å². The van der Waals surface area contributed by atoms with Gasteiger partial charge in [0.1, 0.15) is 11.6 Å². The lowest BCUT2D eigenvalue weighted by Gasteiger charge is -2.20. The highest BCUT2D eigenvalue weighted by atomic mass is 35.5. The molecule has 1 amide bonds. The molecule has 2 N–H and O–H groups in total. The van der Waals surface area contributed by atoms with Gasteiger partial charge in [-0.2, -0.15) is 0 Å². The van der Waals surface area contributed by atoms with Crippen molar-refractivity contribution in [2.75, 3.05) is 11.9 Å². The molecule has 7 heteroatoms. The number of ether oxygens (including phenoxy) is 1. The highest BCUT2D eigenvalue weighted by molar-refractivity contribution is 6.30. The highest BCUT2D eigenvalue weighted by Crippen LogP contribution is 2.26. The molecule has 1 heterocycles. The molecule has 2 aromatic rings. The molecule has 140 valence electrons. The summed E-state index contributed by atoms with van der Waals surface area (Å²) >= 11 is 5.92. The van der Waals surface area contributed by atoms with E-state index in [9.17, 15) is 9.18 Å². The smallest absolute Gasteiger partial charge is 0.265 e. The molecule has 26 heavy (non-hydrogen) atoms. The van der Waals surface area contributed by atoms with Crippen LogP contribution < -0.4 is 15.4 Å². The topological polar surface area (TPSA) is 50.4 Å². The molecule has 1 unspecified atom stereocenters. The average molecular weight is 399 g/mol. The molecule has 0 saturated heterocycles. The lowest BCUT2D eigenvalue weighted by atomic mass is 9.99. The van der Waals surface area contributed by atoms with Crippen molar-refractivity contribution in [3.8, 4) is 5.75 Å². The van der Waals surface area contributed by atoms with E-state index in [2.05, 4.69) is 10.6 Å². The number of hydrogen-bond donors (Lipinski definition) is 2. The van der Waals surface area contributed by atoms with Crippen molar-refractivity contribution in [1.29, 1.82) is 0 Å². The van der Waals surface area contributed by atoms with Gasteiger partial charge < -0.3 is 15.4 Å². The van der Waals surface area contributed by atoms with Crippen molar-refractivity contribution >= 4 is 35.6 Å². The van der Waals surface area contributed by atoms with Crippen LogP contribution in [0.25, 0.3) is 0 Å². The molecule has 0 fully saturated rings. The Kier molecular flexibility index (Phi) is 6.87. The monoisotopic (exact) mass is 398 g/mol. The number of fused-ring (bicyclic) bond motifs is 1. The first-order valence-corrected chi connectivity index (χ1v) is 8.58. The van der Waals surface area contributed by atoms with Crippen molar-refractivity contribution in [3.05, 3.63) is 57.9 Å². The van der Waals surface area contributed by atoms with Crippen molar-refractivity contribution in [2.24, 2.45) is 0 Å². The minimum absolute atomic E-state index is 0. The summed E-state index contributed by atoms with van der Waals surface area (Å²) in [5, 5.41) is 6.43. The van der Waals surface area contributed by atoms with Gasteiger partial charge in [0, 0.05) is 11.6 Å². The number of carbonyl (C=O) groups excluding carboxylic acids is 1. The summed E-state index contributed by atoms with van der Waals surface area (Å²) in [7, 11) is 0. The lowest BCUT2D eigenvalue weighted by Crippen LogP contribution is -2.31. The zero-order chi connectivity index (χ0) is 18.0. The first-order chi connectivity index (χ1) is 12.0. The van der Waals surface area contributed by atoms with Crippen LogP contribution >= 0.6 is 24.0 Å². The molecule has 0 radical (unpaired) electrons. The second-order valence-corrected chi connectivity index (χ2v) is 6.59. The van der Waals surface area contributed by atoms with Gasteiger partial charge >= 0.3 is 0 Å². The summed E-state index contributed by atoms with van der Waals surface area (Å²) in [5.74, 6) is -0.187. The van der Waals surface area contributed by atoms with Crippen LogP contribution in [0.2, 0.25) is 5.02 Å². The van der Waals surface area contributed by atoms with Gasteiger partial charge in [0.15, 0.2) is 6.10 Å². The maximum absolute atomic E-state index is 14.6. The van der Waals surface area contributed by atoms with Gasteiger partial charge in [0.2, 0.25) is 0 Å². The molecule has 0 aliphatic carbocycles. The Morgan fingerprint density at radius 3 is 2.85 bits per heavy atom. The Morgan fingerprint density at radius 1 is 1.35 bits per heavy atom. The summed E-state index contributed by atoms with van der Waals surface area (Å²) in [6.07, 6.45) is -0.155. The number of halogens is 3. The van der Waals surface area contributed by atoms with Crippen LogP contribution in [-0.4, -0.2) is 18.6 Å². The lowest BCUT2D eigenvalue weighted by molar-refractivity contribution is -0.122. The fraction of sp³-hybridized carbons (Fsp3) is 0.316. The van der Waals surface area contributed by atoms with E-state index in [-0.39, 0.29) is 23.9 Å². The maximum atomic E-state index is 14.6. The van der Waals surface area contributed by atoms with Crippen LogP contribution in [0.5, 0.6) is 5.75 Å². The van der Waals surface area contributed by atoms with Gasteiger partial charge in [-0.25, -0.2) is 4.39 Å². The number of carbonyl (C=O) groups is 1. The van der Waals surface area contributed by atoms with E-state index in [0.29, 0.717) is 29.3 Å². The first kappa shape index (κ1) is 20.5. The Bertz CT molecular complexity index is 814. The van der Waals surface area contributed by atoms with Crippen LogP contribution in [0, 0.1) is 12.7 Å². The largest absolute Gasteiger partial charge is 0.481 e. The third kappa shape index (κ3) is 4.47. The Balaban J connectivity index is 0.00000243. The van der Waals surface area contributed by atoms with Gasteiger partial charge in [0.05, 0.1) is 5.69 Å². The molecule has 1 atom stereocenters. The van der Waals surface area contributed by atoms with E-state index in [0.717, 1.165) is 17.7 Å². The van der Waals surface area contributed by atoms with Crippen LogP contribution in [0.1, 0.15) is 23.6 Å². The first-order valence-electron chi connectivity index (χ1n) is 8.20. The summed E-state index contributed by atoms with van der Waals surface area (Å²) in [4.78, 5) is 12.4. The zero-order valence-electron chi connectivity index (χ0n) is 14.6. The van der Waals surface area contributed by atoms with Crippen LogP contribution in [0.15, 0.2) is 30.3 Å². The summed E-state index contributed by atoms with van der Waals surface area (Å²) in [6, 6.07) is 8.62. The van der Waals surface area contributed by atoms with E-state index in [1.165, 1.54) is 0 Å². The molecule has 1 aliphatic heterocycles. The minimum Gasteiger partial charge on any atom is -0.481 e.